The van der Waals surface area contributed by atoms with Gasteiger partial charge in [-0.15, -0.1) is 11.3 Å². The van der Waals surface area contributed by atoms with Crippen molar-refractivity contribution in [2.75, 3.05) is 6.54 Å². The summed E-state index contributed by atoms with van der Waals surface area (Å²) in [4.78, 5) is 0.181. The van der Waals surface area contributed by atoms with E-state index < -0.39 is 10.0 Å². The summed E-state index contributed by atoms with van der Waals surface area (Å²) in [6, 6.07) is 1.63. The lowest BCUT2D eigenvalue weighted by Gasteiger charge is -2.43. The summed E-state index contributed by atoms with van der Waals surface area (Å²) in [5.74, 6) is 0.514. The van der Waals surface area contributed by atoms with Crippen LogP contribution in [-0.2, 0) is 10.0 Å². The first kappa shape index (κ1) is 15.1. The quantitative estimate of drug-likeness (QED) is 0.790. The van der Waals surface area contributed by atoms with E-state index in [1.807, 2.05) is 0 Å². The van der Waals surface area contributed by atoms with Crippen molar-refractivity contribution in [2.24, 2.45) is 5.92 Å². The van der Waals surface area contributed by atoms with Crippen LogP contribution in [0.15, 0.2) is 11.0 Å². The van der Waals surface area contributed by atoms with Gasteiger partial charge in [0.2, 0.25) is 10.0 Å². The molecule has 2 unspecified atom stereocenters. The fourth-order valence-electron chi connectivity index (χ4n) is 3.50. The molecule has 0 amide bonds. The number of fused-ring (bicyclic) bond motifs is 1. The summed E-state index contributed by atoms with van der Waals surface area (Å²) in [7, 11) is -3.51. The molecule has 0 N–H and O–H groups in total. The lowest BCUT2D eigenvalue weighted by atomic mass is 9.79. The van der Waals surface area contributed by atoms with Crippen LogP contribution in [-0.4, -0.2) is 25.3 Å². The Bertz CT molecular complexity index is 598. The highest BCUT2D eigenvalue weighted by atomic mass is 35.5. The normalized spacial score (nSPS) is 28.3. The van der Waals surface area contributed by atoms with E-state index in [1.54, 1.807) is 4.31 Å². The third kappa shape index (κ3) is 2.63. The van der Waals surface area contributed by atoms with Crippen LogP contribution in [0.3, 0.4) is 0 Å². The van der Waals surface area contributed by atoms with Crippen LogP contribution in [0.1, 0.15) is 38.5 Å². The molecule has 0 spiro atoms. The van der Waals surface area contributed by atoms with Crippen LogP contribution in [0, 0.1) is 5.92 Å². The third-order valence-electron chi connectivity index (χ3n) is 4.40. The predicted molar refractivity (Wildman–Crippen MR) is 83.2 cm³/mol. The second-order valence-electron chi connectivity index (χ2n) is 5.56. The lowest BCUT2D eigenvalue weighted by Crippen LogP contribution is -2.49. The second kappa shape index (κ2) is 5.76. The van der Waals surface area contributed by atoms with E-state index in [-0.39, 0.29) is 15.3 Å². The monoisotopic (exact) mass is 353 g/mol. The number of piperidine rings is 1. The van der Waals surface area contributed by atoms with E-state index in [0.29, 0.717) is 16.8 Å². The van der Waals surface area contributed by atoms with Gasteiger partial charge in [0, 0.05) is 12.6 Å². The number of rotatable bonds is 2. The Morgan fingerprint density at radius 2 is 1.85 bits per heavy atom. The van der Waals surface area contributed by atoms with Crippen LogP contribution in [0.25, 0.3) is 0 Å². The van der Waals surface area contributed by atoms with Gasteiger partial charge < -0.3 is 0 Å². The highest BCUT2D eigenvalue weighted by molar-refractivity contribution is 7.89. The maximum absolute atomic E-state index is 12.9. The maximum Gasteiger partial charge on any atom is 0.245 e. The molecule has 2 fully saturated rings. The highest BCUT2D eigenvalue weighted by Gasteiger charge is 2.41. The molecule has 3 rings (SSSR count). The average Bonchev–Trinajstić information content (AvgIpc) is 2.78. The molecule has 112 valence electrons. The molecule has 7 heteroatoms. The summed E-state index contributed by atoms with van der Waals surface area (Å²) in [5, 5.41) is 0. The van der Waals surface area contributed by atoms with Gasteiger partial charge in [0.1, 0.15) is 9.23 Å². The van der Waals surface area contributed by atoms with Gasteiger partial charge in [-0.1, -0.05) is 36.0 Å². The van der Waals surface area contributed by atoms with Gasteiger partial charge in [0.15, 0.2) is 0 Å². The summed E-state index contributed by atoms with van der Waals surface area (Å²) < 4.78 is 28.1. The molecule has 1 saturated carbocycles. The van der Waals surface area contributed by atoms with E-state index in [0.717, 1.165) is 43.4 Å². The standard InChI is InChI=1S/C13H17Cl2NO2S2/c14-12-8-11(13(15)19-12)20(17,18)16-7-3-5-9-4-1-2-6-10(9)16/h8-10H,1-7H2. The van der Waals surface area contributed by atoms with Gasteiger partial charge in [-0.2, -0.15) is 4.31 Å². The van der Waals surface area contributed by atoms with Crippen LogP contribution in [0.4, 0.5) is 0 Å². The van der Waals surface area contributed by atoms with E-state index in [2.05, 4.69) is 0 Å². The molecular weight excluding hydrogens is 337 g/mol. The Labute approximate surface area is 133 Å². The molecule has 20 heavy (non-hydrogen) atoms. The molecule has 2 aliphatic rings. The molecule has 2 heterocycles. The Balaban J connectivity index is 1.95. The van der Waals surface area contributed by atoms with Gasteiger partial charge in [-0.3, -0.25) is 0 Å². The molecule has 2 atom stereocenters. The fourth-order valence-corrected chi connectivity index (χ4v) is 7.37. The summed E-state index contributed by atoms with van der Waals surface area (Å²) in [5.41, 5.74) is 0. The minimum Gasteiger partial charge on any atom is -0.207 e. The van der Waals surface area contributed by atoms with Crippen molar-refractivity contribution in [3.8, 4) is 0 Å². The summed E-state index contributed by atoms with van der Waals surface area (Å²) in [6.07, 6.45) is 6.55. The van der Waals surface area contributed by atoms with Crippen LogP contribution < -0.4 is 0 Å². The Kier molecular flexibility index (Phi) is 4.35. The molecule has 1 aromatic heterocycles. The van der Waals surface area contributed by atoms with Crippen molar-refractivity contribution in [1.82, 2.24) is 4.31 Å². The molecule has 1 aromatic rings. The van der Waals surface area contributed by atoms with Gasteiger partial charge in [-0.25, -0.2) is 8.42 Å². The van der Waals surface area contributed by atoms with Crippen LogP contribution >= 0.6 is 34.5 Å². The molecule has 0 bridgehead atoms. The third-order valence-corrected chi connectivity index (χ3v) is 8.08. The summed E-state index contributed by atoms with van der Waals surface area (Å²) >= 11 is 13.1. The van der Waals surface area contributed by atoms with Gasteiger partial charge >= 0.3 is 0 Å². The molecule has 1 aliphatic heterocycles. The van der Waals surface area contributed by atoms with E-state index >= 15 is 0 Å². The SMILES string of the molecule is O=S(=O)(c1cc(Cl)sc1Cl)N1CCCC2CCCCC21. The number of hydrogen-bond acceptors (Lipinski definition) is 3. The molecule has 3 nitrogen and oxygen atoms in total. The minimum absolute atomic E-state index is 0.150. The zero-order valence-corrected chi connectivity index (χ0v) is 14.2. The van der Waals surface area contributed by atoms with Crippen LogP contribution in [0.5, 0.6) is 0 Å². The van der Waals surface area contributed by atoms with Crippen molar-refractivity contribution >= 4 is 44.6 Å². The fraction of sp³-hybridized carbons (Fsp3) is 0.692. The van der Waals surface area contributed by atoms with Crippen molar-refractivity contribution in [3.63, 3.8) is 0 Å². The van der Waals surface area contributed by atoms with E-state index in [1.165, 1.54) is 12.5 Å². The Morgan fingerprint density at radius 3 is 2.55 bits per heavy atom. The van der Waals surface area contributed by atoms with E-state index in [9.17, 15) is 8.42 Å². The molecule has 0 radical (unpaired) electrons. The first-order valence-corrected chi connectivity index (χ1v) is 9.98. The number of sulfonamides is 1. The smallest absolute Gasteiger partial charge is 0.207 e. The zero-order valence-electron chi connectivity index (χ0n) is 11.0. The highest BCUT2D eigenvalue weighted by Crippen LogP contribution is 2.41. The van der Waals surface area contributed by atoms with Gasteiger partial charge in [-0.05, 0) is 37.7 Å². The minimum atomic E-state index is -3.51. The van der Waals surface area contributed by atoms with Gasteiger partial charge in [0.05, 0.1) is 4.34 Å². The number of halogens is 2. The van der Waals surface area contributed by atoms with E-state index in [4.69, 9.17) is 23.2 Å². The molecule has 0 aromatic carbocycles. The lowest BCUT2D eigenvalue weighted by molar-refractivity contribution is 0.129. The molecular formula is C13H17Cl2NO2S2. The molecule has 1 aliphatic carbocycles. The predicted octanol–water partition coefficient (Wildman–Crippen LogP) is 4.40. The largest absolute Gasteiger partial charge is 0.245 e. The van der Waals surface area contributed by atoms with Crippen molar-refractivity contribution in [2.45, 2.75) is 49.5 Å². The first-order chi connectivity index (χ1) is 9.50. The summed E-state index contributed by atoms with van der Waals surface area (Å²) in [6.45, 7) is 0.604. The maximum atomic E-state index is 12.9. The van der Waals surface area contributed by atoms with Crippen molar-refractivity contribution in [3.05, 3.63) is 14.7 Å². The number of hydrogen-bond donors (Lipinski definition) is 0. The van der Waals surface area contributed by atoms with Gasteiger partial charge in [0.25, 0.3) is 0 Å². The molecule has 1 saturated heterocycles. The Hall–Kier alpha value is 0.190. The average molecular weight is 354 g/mol. The number of thiophene rings is 1. The van der Waals surface area contributed by atoms with Crippen molar-refractivity contribution < 1.29 is 8.42 Å². The Morgan fingerprint density at radius 1 is 1.15 bits per heavy atom. The second-order valence-corrected chi connectivity index (χ2v) is 9.70. The van der Waals surface area contributed by atoms with Crippen LogP contribution in [0.2, 0.25) is 8.67 Å². The number of nitrogens with zero attached hydrogens (tertiary/aromatic N) is 1. The topological polar surface area (TPSA) is 37.4 Å². The first-order valence-electron chi connectivity index (χ1n) is 6.97. The zero-order chi connectivity index (χ0) is 14.3. The van der Waals surface area contributed by atoms with Crippen molar-refractivity contribution in [1.29, 1.82) is 0 Å².